The van der Waals surface area contributed by atoms with Crippen molar-refractivity contribution < 1.29 is 14.1 Å². The number of nitrogens with two attached hydrogens (primary N) is 1. The van der Waals surface area contributed by atoms with Gasteiger partial charge in [0.1, 0.15) is 11.4 Å². The Labute approximate surface area is 181 Å². The third-order valence-corrected chi connectivity index (χ3v) is 6.07. The van der Waals surface area contributed by atoms with E-state index in [1.807, 2.05) is 11.8 Å². The fraction of sp³-hybridized carbons (Fsp3) is 0.316. The van der Waals surface area contributed by atoms with Gasteiger partial charge in [-0.05, 0) is 19.1 Å². The number of nitro groups is 1. The highest BCUT2D eigenvalue weighted by Crippen LogP contribution is 2.29. The van der Waals surface area contributed by atoms with E-state index in [0.717, 1.165) is 5.56 Å². The van der Waals surface area contributed by atoms with Crippen molar-refractivity contribution in [3.8, 4) is 11.4 Å². The van der Waals surface area contributed by atoms with Gasteiger partial charge in [-0.2, -0.15) is 0 Å². The van der Waals surface area contributed by atoms with Gasteiger partial charge in [0.25, 0.3) is 5.69 Å². The number of nitrogens with zero attached hydrogens (tertiary/aromatic N) is 6. The van der Waals surface area contributed by atoms with Crippen LogP contribution in [0.15, 0.2) is 46.2 Å². The molecule has 31 heavy (non-hydrogen) atoms. The Morgan fingerprint density at radius 1 is 1.23 bits per heavy atom. The summed E-state index contributed by atoms with van der Waals surface area (Å²) in [6.45, 7) is 3.83. The Kier molecular flexibility index (Phi) is 5.80. The number of aromatic nitrogens is 3. The molecule has 0 aliphatic carbocycles. The van der Waals surface area contributed by atoms with Crippen molar-refractivity contribution in [3.63, 3.8) is 0 Å². The second-order valence-corrected chi connectivity index (χ2v) is 7.91. The first-order valence-electron chi connectivity index (χ1n) is 9.59. The predicted octanol–water partition coefficient (Wildman–Crippen LogP) is 1.91. The maximum Gasteiger partial charge on any atom is 0.292 e. The lowest BCUT2D eigenvalue weighted by Gasteiger charge is -2.35. The molecule has 1 fully saturated rings. The topological polar surface area (TPSA) is 137 Å². The van der Waals surface area contributed by atoms with Crippen LogP contribution in [-0.2, 0) is 4.79 Å². The third kappa shape index (κ3) is 4.19. The minimum atomic E-state index is -0.383. The number of nitrogen functional groups attached to an aromatic ring is 1. The zero-order valence-electron chi connectivity index (χ0n) is 16.8. The van der Waals surface area contributed by atoms with E-state index in [0.29, 0.717) is 48.6 Å². The highest BCUT2D eigenvalue weighted by Gasteiger charge is 2.26. The van der Waals surface area contributed by atoms with Gasteiger partial charge in [-0.1, -0.05) is 23.9 Å². The summed E-state index contributed by atoms with van der Waals surface area (Å²) < 4.78 is 6.63. The van der Waals surface area contributed by atoms with Crippen molar-refractivity contribution in [2.45, 2.75) is 12.1 Å². The van der Waals surface area contributed by atoms with Gasteiger partial charge in [0.15, 0.2) is 5.82 Å². The molecule has 0 spiro atoms. The van der Waals surface area contributed by atoms with E-state index in [1.165, 1.54) is 22.5 Å². The van der Waals surface area contributed by atoms with Gasteiger partial charge in [0, 0.05) is 32.2 Å². The molecule has 11 nitrogen and oxygen atoms in total. The molecule has 0 radical (unpaired) electrons. The highest BCUT2D eigenvalue weighted by molar-refractivity contribution is 7.99. The molecular weight excluding hydrogens is 422 g/mol. The van der Waals surface area contributed by atoms with Crippen LogP contribution in [0.4, 0.5) is 11.4 Å². The highest BCUT2D eigenvalue weighted by atomic mass is 32.2. The van der Waals surface area contributed by atoms with Gasteiger partial charge < -0.3 is 20.1 Å². The number of piperazine rings is 1. The number of anilines is 1. The maximum absolute atomic E-state index is 12.7. The van der Waals surface area contributed by atoms with Crippen LogP contribution in [-0.4, -0.2) is 62.5 Å². The molecular formula is C19H21N7O4S. The number of furan rings is 1. The number of rotatable bonds is 6. The first-order valence-corrected chi connectivity index (χ1v) is 10.6. The van der Waals surface area contributed by atoms with Crippen molar-refractivity contribution in [3.05, 3.63) is 52.5 Å². The first kappa shape index (κ1) is 20.7. The van der Waals surface area contributed by atoms with E-state index in [2.05, 4.69) is 10.2 Å². The Hall–Kier alpha value is -3.54. The molecule has 0 atom stereocenters. The quantitative estimate of drug-likeness (QED) is 0.262. The lowest BCUT2D eigenvalue weighted by Crippen LogP contribution is -2.49. The minimum absolute atomic E-state index is 0.0451. The van der Waals surface area contributed by atoms with Crippen molar-refractivity contribution in [1.82, 2.24) is 19.8 Å². The maximum atomic E-state index is 12.7. The molecule has 3 aromatic rings. The number of carbonyl (C=O) groups is 1. The largest absolute Gasteiger partial charge is 0.469 e. The van der Waals surface area contributed by atoms with Crippen LogP contribution in [0.5, 0.6) is 0 Å². The number of amides is 1. The first-order chi connectivity index (χ1) is 15.0. The molecule has 4 rings (SSSR count). The Balaban J connectivity index is 1.34. The van der Waals surface area contributed by atoms with Gasteiger partial charge in [0.05, 0.1) is 22.5 Å². The molecule has 0 unspecified atom stereocenters. The molecule has 2 aromatic heterocycles. The Morgan fingerprint density at radius 3 is 2.65 bits per heavy atom. The van der Waals surface area contributed by atoms with Crippen LogP contribution >= 0.6 is 11.8 Å². The van der Waals surface area contributed by atoms with Crippen molar-refractivity contribution in [1.29, 1.82) is 0 Å². The molecule has 1 aliphatic rings. The standard InChI is InChI=1S/C19H21N7O4S/c1-13-14(6-11-30-13)18-21-22-19(25(18)20)31-12-17(27)24-9-7-23(8-10-24)15-4-2-3-5-16(15)26(28)29/h2-6,11H,7-10,12,20H2,1H3. The third-order valence-electron chi connectivity index (χ3n) is 5.14. The molecule has 2 N–H and O–H groups in total. The van der Waals surface area contributed by atoms with Crippen molar-refractivity contribution in [2.75, 3.05) is 42.7 Å². The summed E-state index contributed by atoms with van der Waals surface area (Å²) in [7, 11) is 0. The average molecular weight is 443 g/mol. The fourth-order valence-corrected chi connectivity index (χ4v) is 4.24. The Morgan fingerprint density at radius 2 is 1.97 bits per heavy atom. The molecule has 12 heteroatoms. The second-order valence-electron chi connectivity index (χ2n) is 6.97. The molecule has 1 saturated heterocycles. The summed E-state index contributed by atoms with van der Waals surface area (Å²) in [4.78, 5) is 27.2. The fourth-order valence-electron chi connectivity index (χ4n) is 3.48. The average Bonchev–Trinajstić information content (AvgIpc) is 3.36. The van der Waals surface area contributed by atoms with Gasteiger partial charge in [-0.25, -0.2) is 4.68 Å². The molecule has 3 heterocycles. The van der Waals surface area contributed by atoms with Crippen LogP contribution in [0.25, 0.3) is 11.4 Å². The smallest absolute Gasteiger partial charge is 0.292 e. The number of aryl methyl sites for hydroxylation is 1. The summed E-state index contributed by atoms with van der Waals surface area (Å²) in [6, 6.07) is 8.41. The number of carbonyl (C=O) groups excluding carboxylic acids is 1. The van der Waals surface area contributed by atoms with Crippen LogP contribution in [0.1, 0.15) is 5.76 Å². The number of hydrogen-bond donors (Lipinski definition) is 1. The molecule has 1 aromatic carbocycles. The number of thioether (sulfide) groups is 1. The molecule has 162 valence electrons. The van der Waals surface area contributed by atoms with Crippen LogP contribution < -0.4 is 10.7 Å². The monoisotopic (exact) mass is 443 g/mol. The number of benzene rings is 1. The van der Waals surface area contributed by atoms with Gasteiger partial charge in [-0.3, -0.25) is 14.9 Å². The van der Waals surface area contributed by atoms with Crippen LogP contribution in [0, 0.1) is 17.0 Å². The van der Waals surface area contributed by atoms with E-state index < -0.39 is 0 Å². The van der Waals surface area contributed by atoms with E-state index in [-0.39, 0.29) is 22.3 Å². The van der Waals surface area contributed by atoms with E-state index >= 15 is 0 Å². The van der Waals surface area contributed by atoms with E-state index in [9.17, 15) is 14.9 Å². The second kappa shape index (κ2) is 8.68. The molecule has 0 bridgehead atoms. The summed E-state index contributed by atoms with van der Waals surface area (Å²) in [6.07, 6.45) is 1.55. The van der Waals surface area contributed by atoms with Crippen molar-refractivity contribution in [2.24, 2.45) is 0 Å². The van der Waals surface area contributed by atoms with Crippen molar-refractivity contribution >= 4 is 29.0 Å². The SMILES string of the molecule is Cc1occc1-c1nnc(SCC(=O)N2CCN(c3ccccc3[N+](=O)[O-])CC2)n1N. The summed E-state index contributed by atoms with van der Waals surface area (Å²) in [5.74, 6) is 7.37. The number of para-hydroxylation sites is 2. The Bertz CT molecular complexity index is 1100. The van der Waals surface area contributed by atoms with E-state index in [1.54, 1.807) is 35.4 Å². The van der Waals surface area contributed by atoms with Gasteiger partial charge >= 0.3 is 0 Å². The number of nitro benzene ring substituents is 1. The van der Waals surface area contributed by atoms with Crippen LogP contribution in [0.3, 0.4) is 0 Å². The van der Waals surface area contributed by atoms with Gasteiger partial charge in [0.2, 0.25) is 11.1 Å². The summed E-state index contributed by atoms with van der Waals surface area (Å²) >= 11 is 1.22. The minimum Gasteiger partial charge on any atom is -0.469 e. The van der Waals surface area contributed by atoms with E-state index in [4.69, 9.17) is 10.3 Å². The molecule has 1 aliphatic heterocycles. The van der Waals surface area contributed by atoms with Gasteiger partial charge in [-0.15, -0.1) is 10.2 Å². The molecule has 0 saturated carbocycles. The lowest BCUT2D eigenvalue weighted by molar-refractivity contribution is -0.384. The normalized spacial score (nSPS) is 14.1. The molecule has 1 amide bonds. The summed E-state index contributed by atoms with van der Waals surface area (Å²) in [5, 5.41) is 19.9. The number of hydrogen-bond acceptors (Lipinski definition) is 9. The zero-order valence-corrected chi connectivity index (χ0v) is 17.6. The summed E-state index contributed by atoms with van der Waals surface area (Å²) in [5.41, 5.74) is 1.40. The lowest BCUT2D eigenvalue weighted by atomic mass is 10.2. The zero-order chi connectivity index (χ0) is 22.0. The predicted molar refractivity (Wildman–Crippen MR) is 115 cm³/mol. The van der Waals surface area contributed by atoms with Crippen LogP contribution in [0.2, 0.25) is 0 Å².